The average molecular weight is 454 g/mol. The standard InChI is InChI=1S/C25H31N3O3S/c1-30-18-9-11-19(12-10-18)31-16-6-15-28-22(17-27-13-4-5-14-27)26-24-23(25(28)29)20-7-2-3-8-21(20)32-24/h9-12H,2-8,13-17H2,1H3. The number of ether oxygens (including phenoxy) is 2. The molecule has 1 aliphatic carbocycles. The minimum Gasteiger partial charge on any atom is -0.497 e. The third-order valence-electron chi connectivity index (χ3n) is 6.57. The summed E-state index contributed by atoms with van der Waals surface area (Å²) in [6, 6.07) is 7.61. The van der Waals surface area contributed by atoms with Crippen LogP contribution in [0.3, 0.4) is 0 Å². The SMILES string of the molecule is COc1ccc(OCCCn2c(CN3CCCC3)nc3sc4c(c3c2=O)CCCC4)cc1. The molecule has 170 valence electrons. The maximum absolute atomic E-state index is 13.6. The van der Waals surface area contributed by atoms with Crippen LogP contribution < -0.4 is 15.0 Å². The highest BCUT2D eigenvalue weighted by molar-refractivity contribution is 7.18. The number of thiophene rings is 1. The molecule has 1 aromatic carbocycles. The van der Waals surface area contributed by atoms with Crippen molar-refractivity contribution in [1.82, 2.24) is 14.5 Å². The number of hydrogen-bond acceptors (Lipinski definition) is 6. The van der Waals surface area contributed by atoms with E-state index >= 15 is 0 Å². The smallest absolute Gasteiger partial charge is 0.262 e. The van der Waals surface area contributed by atoms with E-state index in [1.807, 2.05) is 28.8 Å². The molecule has 1 saturated heterocycles. The van der Waals surface area contributed by atoms with Gasteiger partial charge in [-0.15, -0.1) is 11.3 Å². The molecular formula is C25H31N3O3S. The van der Waals surface area contributed by atoms with E-state index in [-0.39, 0.29) is 5.56 Å². The number of aryl methyl sites for hydroxylation is 2. The molecule has 2 aromatic heterocycles. The molecule has 0 bridgehead atoms. The van der Waals surface area contributed by atoms with Crippen LogP contribution in [0.1, 0.15) is 48.4 Å². The van der Waals surface area contributed by atoms with Crippen LogP contribution in [0, 0.1) is 0 Å². The van der Waals surface area contributed by atoms with Gasteiger partial charge in [-0.1, -0.05) is 0 Å². The Morgan fingerprint density at radius 3 is 2.56 bits per heavy atom. The molecule has 6 nitrogen and oxygen atoms in total. The molecule has 0 saturated carbocycles. The Bertz CT molecular complexity index is 1130. The highest BCUT2D eigenvalue weighted by Crippen LogP contribution is 2.34. The van der Waals surface area contributed by atoms with Crippen molar-refractivity contribution in [2.75, 3.05) is 26.8 Å². The number of hydrogen-bond donors (Lipinski definition) is 0. The lowest BCUT2D eigenvalue weighted by Gasteiger charge is -2.18. The van der Waals surface area contributed by atoms with Crippen molar-refractivity contribution in [2.24, 2.45) is 0 Å². The lowest BCUT2D eigenvalue weighted by molar-refractivity contribution is 0.289. The molecular weight excluding hydrogens is 422 g/mol. The van der Waals surface area contributed by atoms with E-state index in [0.717, 1.165) is 66.4 Å². The van der Waals surface area contributed by atoms with Gasteiger partial charge in [-0.05, 0) is 87.9 Å². The van der Waals surface area contributed by atoms with Gasteiger partial charge in [-0.2, -0.15) is 0 Å². The highest BCUT2D eigenvalue weighted by atomic mass is 32.1. The summed E-state index contributed by atoms with van der Waals surface area (Å²) in [5.74, 6) is 2.54. The van der Waals surface area contributed by atoms with Crippen molar-refractivity contribution in [1.29, 1.82) is 0 Å². The van der Waals surface area contributed by atoms with Crippen molar-refractivity contribution in [3.63, 3.8) is 0 Å². The molecule has 1 aliphatic heterocycles. The Labute approximate surface area is 192 Å². The molecule has 2 aliphatic rings. The summed E-state index contributed by atoms with van der Waals surface area (Å²) in [7, 11) is 1.66. The molecule has 3 aromatic rings. The zero-order valence-corrected chi connectivity index (χ0v) is 19.6. The normalized spacial score (nSPS) is 16.4. The van der Waals surface area contributed by atoms with Gasteiger partial charge in [0.25, 0.3) is 5.56 Å². The van der Waals surface area contributed by atoms with E-state index in [0.29, 0.717) is 13.2 Å². The largest absolute Gasteiger partial charge is 0.497 e. The molecule has 0 spiro atoms. The van der Waals surface area contributed by atoms with Gasteiger partial charge in [0, 0.05) is 11.4 Å². The Balaban J connectivity index is 1.37. The van der Waals surface area contributed by atoms with Crippen LogP contribution in [-0.4, -0.2) is 41.3 Å². The monoisotopic (exact) mass is 453 g/mol. The predicted molar refractivity (Wildman–Crippen MR) is 128 cm³/mol. The first kappa shape index (κ1) is 21.5. The van der Waals surface area contributed by atoms with E-state index in [1.54, 1.807) is 18.4 Å². The van der Waals surface area contributed by atoms with Crippen molar-refractivity contribution >= 4 is 21.6 Å². The number of rotatable bonds is 8. The van der Waals surface area contributed by atoms with Gasteiger partial charge >= 0.3 is 0 Å². The molecule has 0 radical (unpaired) electrons. The fourth-order valence-corrected chi connectivity index (χ4v) is 6.13. The molecule has 5 rings (SSSR count). The van der Waals surface area contributed by atoms with Crippen LogP contribution in [0.2, 0.25) is 0 Å². The second-order valence-electron chi connectivity index (χ2n) is 8.74. The van der Waals surface area contributed by atoms with Gasteiger partial charge in [0.05, 0.1) is 25.6 Å². The molecule has 1 fully saturated rings. The number of fused-ring (bicyclic) bond motifs is 3. The summed E-state index contributed by atoms with van der Waals surface area (Å²) in [6.45, 7) is 4.13. The quantitative estimate of drug-likeness (QED) is 0.473. The zero-order valence-electron chi connectivity index (χ0n) is 18.8. The fraction of sp³-hybridized carbons (Fsp3) is 0.520. The summed E-state index contributed by atoms with van der Waals surface area (Å²) >= 11 is 1.75. The highest BCUT2D eigenvalue weighted by Gasteiger charge is 2.23. The van der Waals surface area contributed by atoms with Gasteiger partial charge in [-0.3, -0.25) is 14.3 Å². The molecule has 7 heteroatoms. The van der Waals surface area contributed by atoms with E-state index in [4.69, 9.17) is 14.5 Å². The first-order chi connectivity index (χ1) is 15.7. The maximum atomic E-state index is 13.6. The second-order valence-corrected chi connectivity index (χ2v) is 9.82. The first-order valence-corrected chi connectivity index (χ1v) is 12.6. The lowest BCUT2D eigenvalue weighted by Crippen LogP contribution is -2.30. The van der Waals surface area contributed by atoms with Crippen LogP contribution >= 0.6 is 11.3 Å². The minimum absolute atomic E-state index is 0.146. The van der Waals surface area contributed by atoms with Gasteiger partial charge in [0.1, 0.15) is 22.2 Å². The number of aromatic nitrogens is 2. The zero-order chi connectivity index (χ0) is 21.9. The first-order valence-electron chi connectivity index (χ1n) is 11.8. The summed E-state index contributed by atoms with van der Waals surface area (Å²) < 4.78 is 13.0. The number of methoxy groups -OCH3 is 1. The van der Waals surface area contributed by atoms with E-state index < -0.39 is 0 Å². The molecule has 3 heterocycles. The molecule has 0 atom stereocenters. The number of nitrogens with zero attached hydrogens (tertiary/aromatic N) is 3. The minimum atomic E-state index is 0.146. The molecule has 0 N–H and O–H groups in total. The van der Waals surface area contributed by atoms with Crippen molar-refractivity contribution < 1.29 is 9.47 Å². The Morgan fingerprint density at radius 1 is 1.03 bits per heavy atom. The summed E-state index contributed by atoms with van der Waals surface area (Å²) in [5.41, 5.74) is 1.41. The van der Waals surface area contributed by atoms with Crippen LogP contribution in [0.4, 0.5) is 0 Å². The van der Waals surface area contributed by atoms with Crippen LogP contribution in [-0.2, 0) is 25.9 Å². The van der Waals surface area contributed by atoms with Crippen LogP contribution in [0.15, 0.2) is 29.1 Å². The molecule has 32 heavy (non-hydrogen) atoms. The Morgan fingerprint density at radius 2 is 1.78 bits per heavy atom. The summed E-state index contributed by atoms with van der Waals surface area (Å²) in [4.78, 5) is 23.4. The Kier molecular flexibility index (Phi) is 6.46. The van der Waals surface area contributed by atoms with E-state index in [2.05, 4.69) is 4.90 Å². The van der Waals surface area contributed by atoms with Gasteiger partial charge in [0.15, 0.2) is 0 Å². The fourth-order valence-electron chi connectivity index (χ4n) is 4.86. The average Bonchev–Trinajstić information content (AvgIpc) is 3.46. The van der Waals surface area contributed by atoms with E-state index in [1.165, 1.54) is 36.1 Å². The summed E-state index contributed by atoms with van der Waals surface area (Å²) in [6.07, 6.45) is 7.72. The summed E-state index contributed by atoms with van der Waals surface area (Å²) in [5, 5.41) is 0.881. The van der Waals surface area contributed by atoms with Crippen molar-refractivity contribution in [3.05, 3.63) is 50.9 Å². The topological polar surface area (TPSA) is 56.6 Å². The van der Waals surface area contributed by atoms with Gasteiger partial charge < -0.3 is 9.47 Å². The second kappa shape index (κ2) is 9.63. The van der Waals surface area contributed by atoms with Crippen molar-refractivity contribution in [3.8, 4) is 11.5 Å². The molecule has 0 unspecified atom stereocenters. The predicted octanol–water partition coefficient (Wildman–Crippen LogP) is 4.41. The maximum Gasteiger partial charge on any atom is 0.262 e. The Hall–Kier alpha value is -2.38. The number of likely N-dealkylation sites (tertiary alicyclic amines) is 1. The van der Waals surface area contributed by atoms with Gasteiger partial charge in [0.2, 0.25) is 0 Å². The van der Waals surface area contributed by atoms with Crippen LogP contribution in [0.5, 0.6) is 11.5 Å². The third kappa shape index (κ3) is 4.41. The third-order valence-corrected chi connectivity index (χ3v) is 7.76. The van der Waals surface area contributed by atoms with Crippen molar-refractivity contribution in [2.45, 2.75) is 58.0 Å². The van der Waals surface area contributed by atoms with E-state index in [9.17, 15) is 4.79 Å². The van der Waals surface area contributed by atoms with Crippen LogP contribution in [0.25, 0.3) is 10.2 Å². The van der Waals surface area contributed by atoms with Gasteiger partial charge in [-0.25, -0.2) is 4.98 Å². The molecule has 0 amide bonds. The number of benzene rings is 1. The lowest BCUT2D eigenvalue weighted by atomic mass is 9.97.